The van der Waals surface area contributed by atoms with Gasteiger partial charge >= 0.3 is 6.01 Å². The van der Waals surface area contributed by atoms with Gasteiger partial charge in [-0.2, -0.15) is 9.97 Å². The number of amides is 1. The van der Waals surface area contributed by atoms with Crippen LogP contribution in [0.5, 0.6) is 17.6 Å². The summed E-state index contributed by atoms with van der Waals surface area (Å²) in [5.74, 6) is 0.261. The van der Waals surface area contributed by atoms with Crippen LogP contribution in [0.3, 0.4) is 0 Å². The number of pyridine rings is 1. The highest BCUT2D eigenvalue weighted by molar-refractivity contribution is 6.04. The Hall–Kier alpha value is -4.83. The first kappa shape index (κ1) is 29.9. The maximum atomic E-state index is 16.8. The van der Waals surface area contributed by atoms with Gasteiger partial charge in [-0.05, 0) is 49.4 Å². The fraction of sp³-hybridized carbons (Fsp3) is 0.394. The maximum absolute atomic E-state index is 16.8. The van der Waals surface area contributed by atoms with Crippen molar-refractivity contribution in [1.29, 1.82) is 0 Å². The van der Waals surface area contributed by atoms with E-state index in [-0.39, 0.29) is 69.1 Å². The molecule has 0 radical (unpaired) electrons. The number of carbonyl (C=O) groups is 1. The molecule has 7 rings (SSSR count). The van der Waals surface area contributed by atoms with E-state index in [9.17, 15) is 18.7 Å². The molecule has 2 N–H and O–H groups in total. The number of carbonyl (C=O) groups excluding carboxylic acids is 1. The normalized spacial score (nSPS) is 22.9. The van der Waals surface area contributed by atoms with Crippen LogP contribution in [-0.2, 0) is 4.79 Å². The molecule has 0 bridgehead atoms. The lowest BCUT2D eigenvalue weighted by atomic mass is 9.95. The highest BCUT2D eigenvalue weighted by Crippen LogP contribution is 2.43. The number of benzene rings is 2. The van der Waals surface area contributed by atoms with Gasteiger partial charge in [0.15, 0.2) is 5.82 Å². The number of phenols is 1. The average Bonchev–Trinajstić information content (AvgIpc) is 3.67. The van der Waals surface area contributed by atoms with E-state index in [0.717, 1.165) is 19.4 Å². The van der Waals surface area contributed by atoms with Crippen LogP contribution in [0.15, 0.2) is 24.3 Å². The van der Waals surface area contributed by atoms with Gasteiger partial charge in [-0.25, -0.2) is 18.2 Å². The summed E-state index contributed by atoms with van der Waals surface area (Å²) in [6, 6.07) is 4.37. The Morgan fingerprint density at radius 2 is 2.02 bits per heavy atom. The molecular weight excluding hydrogens is 601 g/mol. The second-order valence-electron chi connectivity index (χ2n) is 12.1. The number of likely N-dealkylation sites (tertiary alicyclic amines) is 1. The Kier molecular flexibility index (Phi) is 7.27. The number of hydrogen-bond donors (Lipinski definition) is 2. The number of hydrogen-bond acceptors (Lipinski definition) is 9. The summed E-state index contributed by atoms with van der Waals surface area (Å²) < 4.78 is 57.9. The quantitative estimate of drug-likeness (QED) is 0.286. The molecule has 10 nitrogen and oxygen atoms in total. The molecule has 1 unspecified atom stereocenters. The topological polar surface area (TPSA) is 113 Å². The molecule has 4 aromatic rings. The summed E-state index contributed by atoms with van der Waals surface area (Å²) in [6.45, 7) is 1.68. The van der Waals surface area contributed by atoms with Gasteiger partial charge in [0.2, 0.25) is 11.8 Å². The van der Waals surface area contributed by atoms with Crippen molar-refractivity contribution in [2.24, 2.45) is 0 Å². The number of halogens is 3. The zero-order valence-electron chi connectivity index (χ0n) is 25.2. The minimum absolute atomic E-state index is 0.0174. The number of fused-ring (bicyclic) bond motifs is 3. The molecule has 3 aliphatic rings. The molecule has 0 aliphatic carbocycles. The van der Waals surface area contributed by atoms with E-state index in [1.165, 1.54) is 31.4 Å². The number of likely N-dealkylation sites (N-methyl/N-ethyl adjacent to an activating group) is 1. The first-order chi connectivity index (χ1) is 22.1. The zero-order valence-corrected chi connectivity index (χ0v) is 25.2. The number of methoxy groups -OCH3 is 1. The van der Waals surface area contributed by atoms with Gasteiger partial charge < -0.3 is 24.8 Å². The van der Waals surface area contributed by atoms with Crippen molar-refractivity contribution in [2.45, 2.75) is 43.4 Å². The summed E-state index contributed by atoms with van der Waals surface area (Å²) in [7, 11) is 3.02. The fourth-order valence-corrected chi connectivity index (χ4v) is 7.14. The molecule has 46 heavy (non-hydrogen) atoms. The third-order valence-electron chi connectivity index (χ3n) is 9.35. The van der Waals surface area contributed by atoms with E-state index >= 15 is 4.39 Å². The Morgan fingerprint density at radius 3 is 2.76 bits per heavy atom. The number of aromatic hydroxyl groups is 1. The molecule has 3 fully saturated rings. The minimum atomic E-state index is -0.978. The molecular formula is C33H31F3N6O4. The molecule has 3 aliphatic heterocycles. The Bertz CT molecular complexity index is 1950. The molecule has 3 atom stereocenters. The highest BCUT2D eigenvalue weighted by Gasteiger charge is 2.49. The Morgan fingerprint density at radius 1 is 1.20 bits per heavy atom. The molecule has 13 heteroatoms. The van der Waals surface area contributed by atoms with E-state index in [2.05, 4.69) is 31.1 Å². The van der Waals surface area contributed by atoms with Crippen LogP contribution in [-0.4, -0.2) is 93.9 Å². The van der Waals surface area contributed by atoms with Crippen LogP contribution in [0.1, 0.15) is 31.2 Å². The van der Waals surface area contributed by atoms with E-state index in [1.54, 1.807) is 11.9 Å². The monoisotopic (exact) mass is 632 g/mol. The predicted molar refractivity (Wildman–Crippen MR) is 165 cm³/mol. The standard InChI is InChI=1S/C33H31F3N6O4/c1-4-20-22(35)7-6-17-12-19(43)13-21(24(17)20)27-26(36)28-25(30(38-27)45-3)29(37-23-8-11-41(2)31(23)44)40-32(39-28)46-16-33-9-5-10-42(33)15-18(34)14-33/h1,6-7,12-13,18,23,43H,5,8-11,14-16H2,2-3H3,(H,37,39,40)/t18-,23?,33+/m1/s1. The van der Waals surface area contributed by atoms with Crippen LogP contribution in [0.2, 0.25) is 0 Å². The number of aromatic nitrogens is 3. The number of terminal acetylenes is 1. The van der Waals surface area contributed by atoms with Crippen molar-refractivity contribution in [3.8, 4) is 41.2 Å². The SMILES string of the molecule is C#Cc1c(F)ccc2cc(O)cc(-c3nc(OC)c4c(NC5CCN(C)C5=O)nc(OC[C@@]56CCCN5C[C@H](F)C6)nc4c3F)c12. The number of ether oxygens (including phenoxy) is 2. The molecule has 0 spiro atoms. The Labute approximate surface area is 262 Å². The van der Waals surface area contributed by atoms with Crippen molar-refractivity contribution in [2.75, 3.05) is 45.7 Å². The number of phenolic OH excluding ortho intramolecular Hbond substituents is 1. The molecule has 2 aromatic heterocycles. The van der Waals surface area contributed by atoms with Crippen LogP contribution in [0, 0.1) is 24.0 Å². The first-order valence-corrected chi connectivity index (χ1v) is 15.0. The number of rotatable bonds is 7. The van der Waals surface area contributed by atoms with Crippen molar-refractivity contribution in [3.63, 3.8) is 0 Å². The van der Waals surface area contributed by atoms with Crippen molar-refractivity contribution in [3.05, 3.63) is 41.5 Å². The zero-order chi connectivity index (χ0) is 32.3. The van der Waals surface area contributed by atoms with Crippen LogP contribution < -0.4 is 14.8 Å². The largest absolute Gasteiger partial charge is 0.508 e. The lowest BCUT2D eigenvalue weighted by Crippen LogP contribution is -2.43. The number of nitrogens with zero attached hydrogens (tertiary/aromatic N) is 5. The summed E-state index contributed by atoms with van der Waals surface area (Å²) in [6.07, 6.45) is 7.10. The van der Waals surface area contributed by atoms with E-state index < -0.39 is 29.4 Å². The molecule has 1 amide bonds. The smallest absolute Gasteiger partial charge is 0.319 e. The Balaban J connectivity index is 1.42. The predicted octanol–water partition coefficient (Wildman–Crippen LogP) is 4.42. The fourth-order valence-electron chi connectivity index (χ4n) is 7.14. The van der Waals surface area contributed by atoms with E-state index in [1.807, 2.05) is 0 Å². The number of anilines is 1. The third-order valence-corrected chi connectivity index (χ3v) is 9.35. The molecule has 3 saturated heterocycles. The summed E-state index contributed by atoms with van der Waals surface area (Å²) in [5.41, 5.74) is -1.20. The van der Waals surface area contributed by atoms with Crippen LogP contribution in [0.25, 0.3) is 32.9 Å². The second kappa shape index (κ2) is 11.2. The minimum Gasteiger partial charge on any atom is -0.508 e. The van der Waals surface area contributed by atoms with E-state index in [4.69, 9.17) is 15.9 Å². The highest BCUT2D eigenvalue weighted by atomic mass is 19.1. The summed E-state index contributed by atoms with van der Waals surface area (Å²) in [5, 5.41) is 14.2. The maximum Gasteiger partial charge on any atom is 0.319 e. The van der Waals surface area contributed by atoms with Gasteiger partial charge in [0, 0.05) is 37.5 Å². The van der Waals surface area contributed by atoms with Gasteiger partial charge in [-0.1, -0.05) is 12.0 Å². The third kappa shape index (κ3) is 4.79. The lowest BCUT2D eigenvalue weighted by Gasteiger charge is -2.30. The number of alkyl halides is 1. The molecule has 238 valence electrons. The van der Waals surface area contributed by atoms with Crippen LogP contribution in [0.4, 0.5) is 19.0 Å². The van der Waals surface area contributed by atoms with Gasteiger partial charge in [0.05, 0.1) is 18.2 Å². The first-order valence-electron chi connectivity index (χ1n) is 15.0. The number of nitrogens with one attached hydrogen (secondary N) is 1. The van der Waals surface area contributed by atoms with Crippen LogP contribution >= 0.6 is 0 Å². The van der Waals surface area contributed by atoms with Crippen molar-refractivity contribution >= 4 is 33.4 Å². The van der Waals surface area contributed by atoms with Crippen molar-refractivity contribution < 1.29 is 32.5 Å². The van der Waals surface area contributed by atoms with Crippen molar-refractivity contribution in [1.82, 2.24) is 24.8 Å². The van der Waals surface area contributed by atoms with Gasteiger partial charge in [-0.15, -0.1) is 6.42 Å². The van der Waals surface area contributed by atoms with E-state index in [0.29, 0.717) is 31.3 Å². The summed E-state index contributed by atoms with van der Waals surface area (Å²) in [4.78, 5) is 29.9. The average molecular weight is 633 g/mol. The van der Waals surface area contributed by atoms with Gasteiger partial charge in [0.1, 0.15) is 52.8 Å². The molecule has 5 heterocycles. The summed E-state index contributed by atoms with van der Waals surface area (Å²) >= 11 is 0. The van der Waals surface area contributed by atoms with Gasteiger partial charge in [0.25, 0.3) is 0 Å². The molecule has 2 aromatic carbocycles. The second-order valence-corrected chi connectivity index (χ2v) is 12.1. The van der Waals surface area contributed by atoms with Gasteiger partial charge in [-0.3, -0.25) is 9.69 Å². The lowest BCUT2D eigenvalue weighted by molar-refractivity contribution is -0.127. The molecule has 0 saturated carbocycles.